The van der Waals surface area contributed by atoms with Crippen molar-refractivity contribution in [1.82, 2.24) is 9.97 Å². The SMILES string of the molecule is CCc1ccc(Oc2cnc3cc(F)ccc3n2)cc1C1=C(O)C2C(C1=O)[C@H]1CC[C@@H]2CC1. The Morgan fingerprint density at radius 3 is 2.52 bits per heavy atom. The molecule has 6 heteroatoms. The minimum Gasteiger partial charge on any atom is -0.511 e. The maximum Gasteiger partial charge on any atom is 0.238 e. The van der Waals surface area contributed by atoms with Crippen molar-refractivity contribution in [3.8, 4) is 11.6 Å². The van der Waals surface area contributed by atoms with Gasteiger partial charge in [-0.3, -0.25) is 4.79 Å². The van der Waals surface area contributed by atoms with Crippen LogP contribution in [0, 0.1) is 29.5 Å². The molecule has 4 aliphatic rings. The van der Waals surface area contributed by atoms with Crippen LogP contribution in [0.5, 0.6) is 11.6 Å². The van der Waals surface area contributed by atoms with Crippen molar-refractivity contribution in [3.05, 3.63) is 65.3 Å². The zero-order chi connectivity index (χ0) is 22.7. The van der Waals surface area contributed by atoms with Gasteiger partial charge in [-0.2, -0.15) is 0 Å². The van der Waals surface area contributed by atoms with E-state index >= 15 is 0 Å². The average Bonchev–Trinajstić information content (AvgIpc) is 3.12. The molecule has 1 aromatic heterocycles. The number of Topliss-reactive ketones (excluding diaryl/α,β-unsaturated/α-hetero) is 1. The van der Waals surface area contributed by atoms with E-state index in [0.29, 0.717) is 34.2 Å². The summed E-state index contributed by atoms with van der Waals surface area (Å²) < 4.78 is 19.4. The molecular weight excluding hydrogens is 419 g/mol. The number of rotatable bonds is 4. The van der Waals surface area contributed by atoms with Crippen molar-refractivity contribution in [2.75, 3.05) is 0 Å². The summed E-state index contributed by atoms with van der Waals surface area (Å²) in [4.78, 5) is 22.2. The number of ketones is 1. The molecule has 3 aromatic rings. The number of fused-ring (bicyclic) bond motifs is 3. The summed E-state index contributed by atoms with van der Waals surface area (Å²) in [7, 11) is 0. The number of hydrogen-bond donors (Lipinski definition) is 1. The molecule has 7 rings (SSSR count). The standard InChI is InChI=1S/C27H25FN2O3/c1-2-14-7-9-18(33-22-13-29-21-11-17(28)8-10-20(21)30-22)12-19(14)25-26(31)23-15-3-4-16(6-5-15)24(23)27(25)32/h7-13,15-16,23-24,31H,2-6H2,1H3/t15-,16+,23?,24?. The third kappa shape index (κ3) is 3.23. The van der Waals surface area contributed by atoms with E-state index in [1.54, 1.807) is 6.07 Å². The Kier molecular flexibility index (Phi) is 4.71. The minimum atomic E-state index is -0.367. The Morgan fingerprint density at radius 1 is 1.03 bits per heavy atom. The van der Waals surface area contributed by atoms with Gasteiger partial charge >= 0.3 is 0 Å². The first kappa shape index (κ1) is 20.3. The van der Waals surface area contributed by atoms with Crippen molar-refractivity contribution in [2.45, 2.75) is 39.0 Å². The lowest BCUT2D eigenvalue weighted by Crippen LogP contribution is -2.41. The monoisotopic (exact) mass is 444 g/mol. The Balaban J connectivity index is 1.37. The molecule has 0 radical (unpaired) electrons. The molecule has 4 aliphatic carbocycles. The normalized spacial score (nSPS) is 26.2. The minimum absolute atomic E-state index is 0.0268. The highest BCUT2D eigenvalue weighted by Gasteiger charge is 2.54. The molecule has 33 heavy (non-hydrogen) atoms. The van der Waals surface area contributed by atoms with Crippen LogP contribution in [0.4, 0.5) is 4.39 Å². The fourth-order valence-corrected chi connectivity index (χ4v) is 6.25. The van der Waals surface area contributed by atoms with Crippen LogP contribution in [0.25, 0.3) is 16.6 Å². The van der Waals surface area contributed by atoms with E-state index in [1.165, 1.54) is 18.3 Å². The lowest BCUT2D eigenvalue weighted by Gasteiger charge is -2.44. The number of aliphatic hydroxyl groups excluding tert-OH is 1. The maximum absolute atomic E-state index is 13.5. The lowest BCUT2D eigenvalue weighted by molar-refractivity contribution is -0.123. The number of allylic oxidation sites excluding steroid dienone is 2. The van der Waals surface area contributed by atoms with Crippen LogP contribution in [0.15, 0.2) is 48.4 Å². The molecule has 2 unspecified atom stereocenters. The molecule has 168 valence electrons. The fourth-order valence-electron chi connectivity index (χ4n) is 6.25. The molecule has 1 heterocycles. The van der Waals surface area contributed by atoms with Crippen LogP contribution in [0.2, 0.25) is 0 Å². The molecule has 1 N–H and O–H groups in total. The number of halogens is 1. The second kappa shape index (κ2) is 7.65. The van der Waals surface area contributed by atoms with Crippen molar-refractivity contribution in [2.24, 2.45) is 23.7 Å². The molecular formula is C27H25FN2O3. The smallest absolute Gasteiger partial charge is 0.238 e. The van der Waals surface area contributed by atoms with Gasteiger partial charge in [0.1, 0.15) is 17.3 Å². The number of ether oxygens (including phenoxy) is 1. The summed E-state index contributed by atoms with van der Waals surface area (Å²) in [6.45, 7) is 2.04. The molecule has 0 spiro atoms. The molecule has 2 aromatic carbocycles. The van der Waals surface area contributed by atoms with Gasteiger partial charge in [0.05, 0.1) is 22.8 Å². The molecule has 2 bridgehead atoms. The van der Waals surface area contributed by atoms with Gasteiger partial charge in [-0.15, -0.1) is 0 Å². The number of aliphatic hydroxyl groups is 1. The Hall–Kier alpha value is -3.28. The highest BCUT2D eigenvalue weighted by molar-refractivity contribution is 6.25. The fraction of sp³-hybridized carbons (Fsp3) is 0.370. The number of aromatic nitrogens is 2. The molecule has 3 fully saturated rings. The topological polar surface area (TPSA) is 72.3 Å². The quantitative estimate of drug-likeness (QED) is 0.532. The zero-order valence-corrected chi connectivity index (χ0v) is 18.4. The van der Waals surface area contributed by atoms with Gasteiger partial charge in [-0.1, -0.05) is 13.0 Å². The van der Waals surface area contributed by atoms with Gasteiger partial charge in [0.15, 0.2) is 5.78 Å². The third-order valence-corrected chi connectivity index (χ3v) is 7.78. The number of carbonyl (C=O) groups excluding carboxylic acids is 1. The number of carbonyl (C=O) groups is 1. The van der Waals surface area contributed by atoms with Gasteiger partial charge in [-0.05, 0) is 79.3 Å². The van der Waals surface area contributed by atoms with E-state index in [0.717, 1.165) is 43.2 Å². The average molecular weight is 445 g/mol. The Labute approximate surface area is 191 Å². The summed E-state index contributed by atoms with van der Waals surface area (Å²) >= 11 is 0. The van der Waals surface area contributed by atoms with E-state index in [4.69, 9.17) is 4.74 Å². The first-order valence-corrected chi connectivity index (χ1v) is 11.7. The van der Waals surface area contributed by atoms with Crippen LogP contribution in [-0.4, -0.2) is 20.9 Å². The number of aryl methyl sites for hydroxylation is 1. The van der Waals surface area contributed by atoms with Gasteiger partial charge in [0, 0.05) is 17.9 Å². The van der Waals surface area contributed by atoms with E-state index in [9.17, 15) is 14.3 Å². The number of benzene rings is 2. The predicted octanol–water partition coefficient (Wildman–Crippen LogP) is 6.03. The van der Waals surface area contributed by atoms with Crippen molar-refractivity contribution in [3.63, 3.8) is 0 Å². The highest BCUT2D eigenvalue weighted by Crippen LogP contribution is 2.57. The molecule has 0 amide bonds. The Bertz CT molecular complexity index is 1310. The van der Waals surface area contributed by atoms with Gasteiger partial charge in [-0.25, -0.2) is 14.4 Å². The molecule has 2 atom stereocenters. The van der Waals surface area contributed by atoms with Crippen LogP contribution in [0.1, 0.15) is 43.7 Å². The van der Waals surface area contributed by atoms with Gasteiger partial charge in [0.2, 0.25) is 5.88 Å². The summed E-state index contributed by atoms with van der Waals surface area (Å²) in [6, 6.07) is 9.84. The number of hydrogen-bond acceptors (Lipinski definition) is 5. The largest absolute Gasteiger partial charge is 0.511 e. The van der Waals surface area contributed by atoms with Gasteiger partial charge in [0.25, 0.3) is 0 Å². The van der Waals surface area contributed by atoms with E-state index in [2.05, 4.69) is 9.97 Å². The van der Waals surface area contributed by atoms with Crippen molar-refractivity contribution in [1.29, 1.82) is 0 Å². The van der Waals surface area contributed by atoms with Crippen LogP contribution in [0.3, 0.4) is 0 Å². The predicted molar refractivity (Wildman–Crippen MR) is 122 cm³/mol. The second-order valence-corrected chi connectivity index (χ2v) is 9.47. The summed E-state index contributed by atoms with van der Waals surface area (Å²) in [5.41, 5.74) is 3.22. The second-order valence-electron chi connectivity index (χ2n) is 9.47. The summed E-state index contributed by atoms with van der Waals surface area (Å²) in [5, 5.41) is 11.2. The van der Waals surface area contributed by atoms with E-state index < -0.39 is 0 Å². The molecule has 3 saturated carbocycles. The van der Waals surface area contributed by atoms with Crippen LogP contribution in [-0.2, 0) is 11.2 Å². The molecule has 5 nitrogen and oxygen atoms in total. The van der Waals surface area contributed by atoms with Crippen LogP contribution >= 0.6 is 0 Å². The Morgan fingerprint density at radius 2 is 1.79 bits per heavy atom. The lowest BCUT2D eigenvalue weighted by atomic mass is 9.59. The van der Waals surface area contributed by atoms with E-state index in [1.807, 2.05) is 25.1 Å². The maximum atomic E-state index is 13.5. The number of nitrogens with zero attached hydrogens (tertiary/aromatic N) is 2. The van der Waals surface area contributed by atoms with Gasteiger partial charge < -0.3 is 9.84 Å². The summed E-state index contributed by atoms with van der Waals surface area (Å²) in [6.07, 6.45) is 6.58. The highest BCUT2D eigenvalue weighted by atomic mass is 19.1. The first-order valence-electron chi connectivity index (χ1n) is 11.7. The van der Waals surface area contributed by atoms with E-state index in [-0.39, 0.29) is 35.1 Å². The first-order chi connectivity index (χ1) is 16.0. The zero-order valence-electron chi connectivity index (χ0n) is 18.4. The van der Waals surface area contributed by atoms with Crippen LogP contribution < -0.4 is 4.74 Å². The molecule has 0 aliphatic heterocycles. The molecule has 0 saturated heterocycles. The van der Waals surface area contributed by atoms with Crippen molar-refractivity contribution < 1.29 is 19.0 Å². The summed E-state index contributed by atoms with van der Waals surface area (Å²) in [5.74, 6) is 1.49. The van der Waals surface area contributed by atoms with Crippen molar-refractivity contribution >= 4 is 22.4 Å². The third-order valence-electron chi connectivity index (χ3n) is 7.78.